The number of benzene rings is 1. The molecule has 0 bridgehead atoms. The van der Waals surface area contributed by atoms with Gasteiger partial charge in [0.05, 0.1) is 17.4 Å². The van der Waals surface area contributed by atoms with Crippen LogP contribution in [-0.2, 0) is 12.7 Å². The maximum absolute atomic E-state index is 13.1. The summed E-state index contributed by atoms with van der Waals surface area (Å²) < 4.78 is 44.5. The molecule has 0 N–H and O–H groups in total. The van der Waals surface area contributed by atoms with Crippen LogP contribution in [0.15, 0.2) is 41.0 Å². The number of alkyl halides is 3. The number of rotatable bonds is 4. The summed E-state index contributed by atoms with van der Waals surface area (Å²) in [6, 6.07) is 6.95. The van der Waals surface area contributed by atoms with Gasteiger partial charge in [-0.05, 0) is 37.5 Å². The van der Waals surface area contributed by atoms with Crippen molar-refractivity contribution in [3.05, 3.63) is 59.0 Å². The molecule has 1 fully saturated rings. The topological polar surface area (TPSA) is 33.5 Å². The van der Waals surface area contributed by atoms with E-state index in [2.05, 4.69) is 0 Å². The van der Waals surface area contributed by atoms with Crippen LogP contribution in [0.1, 0.15) is 40.1 Å². The van der Waals surface area contributed by atoms with Crippen molar-refractivity contribution in [2.75, 3.05) is 0 Å². The highest BCUT2D eigenvalue weighted by Gasteiger charge is 2.37. The molecule has 1 aromatic carbocycles. The van der Waals surface area contributed by atoms with Crippen molar-refractivity contribution >= 4 is 5.91 Å². The van der Waals surface area contributed by atoms with Gasteiger partial charge in [-0.25, -0.2) is 0 Å². The Morgan fingerprint density at radius 2 is 1.96 bits per heavy atom. The normalized spacial score (nSPS) is 14.8. The van der Waals surface area contributed by atoms with Gasteiger partial charge < -0.3 is 9.32 Å². The van der Waals surface area contributed by atoms with E-state index >= 15 is 0 Å². The molecule has 3 rings (SSSR count). The standard InChI is InChI=1S/C17H16F3NO2/c1-11-14(8-9-23-11)16(22)21(13-6-7-13)10-12-4-2-3-5-15(12)17(18,19)20/h2-5,8-9,13H,6-7,10H2,1H3. The van der Waals surface area contributed by atoms with E-state index in [0.29, 0.717) is 11.3 Å². The van der Waals surface area contributed by atoms with Crippen molar-refractivity contribution in [1.29, 1.82) is 0 Å². The fourth-order valence-corrected chi connectivity index (χ4v) is 2.63. The largest absolute Gasteiger partial charge is 0.469 e. The smallest absolute Gasteiger partial charge is 0.416 e. The van der Waals surface area contributed by atoms with Gasteiger partial charge in [0.15, 0.2) is 0 Å². The van der Waals surface area contributed by atoms with Gasteiger partial charge in [0.25, 0.3) is 5.91 Å². The highest BCUT2D eigenvalue weighted by atomic mass is 19.4. The lowest BCUT2D eigenvalue weighted by Crippen LogP contribution is -2.33. The van der Waals surface area contributed by atoms with Crippen LogP contribution < -0.4 is 0 Å². The first-order valence-electron chi connectivity index (χ1n) is 7.38. The molecule has 2 aromatic rings. The minimum Gasteiger partial charge on any atom is -0.469 e. The predicted molar refractivity (Wildman–Crippen MR) is 77.8 cm³/mol. The van der Waals surface area contributed by atoms with Gasteiger partial charge >= 0.3 is 6.18 Å². The highest BCUT2D eigenvalue weighted by Crippen LogP contribution is 2.35. The molecule has 3 nitrogen and oxygen atoms in total. The van der Waals surface area contributed by atoms with Crippen LogP contribution in [0.5, 0.6) is 0 Å². The van der Waals surface area contributed by atoms with Crippen LogP contribution in [0.2, 0.25) is 0 Å². The Bertz CT molecular complexity index is 717. The van der Waals surface area contributed by atoms with Crippen molar-refractivity contribution in [3.8, 4) is 0 Å². The van der Waals surface area contributed by atoms with E-state index in [9.17, 15) is 18.0 Å². The maximum atomic E-state index is 13.1. The molecule has 23 heavy (non-hydrogen) atoms. The van der Waals surface area contributed by atoms with Crippen molar-refractivity contribution in [2.45, 2.75) is 38.5 Å². The van der Waals surface area contributed by atoms with E-state index < -0.39 is 11.7 Å². The Morgan fingerprint density at radius 1 is 1.26 bits per heavy atom. The van der Waals surface area contributed by atoms with Crippen LogP contribution in [-0.4, -0.2) is 16.8 Å². The molecule has 0 saturated heterocycles. The van der Waals surface area contributed by atoms with Crippen molar-refractivity contribution in [1.82, 2.24) is 4.90 Å². The Kier molecular flexibility index (Phi) is 3.92. The minimum atomic E-state index is -4.43. The van der Waals surface area contributed by atoms with Crippen molar-refractivity contribution in [2.24, 2.45) is 0 Å². The fraction of sp³-hybridized carbons (Fsp3) is 0.353. The zero-order valence-electron chi connectivity index (χ0n) is 12.6. The maximum Gasteiger partial charge on any atom is 0.416 e. The molecule has 0 spiro atoms. The van der Waals surface area contributed by atoms with Crippen LogP contribution in [0.4, 0.5) is 13.2 Å². The van der Waals surface area contributed by atoms with Crippen molar-refractivity contribution in [3.63, 3.8) is 0 Å². The van der Waals surface area contributed by atoms with Gasteiger partial charge in [-0.15, -0.1) is 0 Å². The van der Waals surface area contributed by atoms with Gasteiger partial charge in [0.1, 0.15) is 5.76 Å². The second kappa shape index (κ2) is 5.76. The Labute approximate surface area is 131 Å². The lowest BCUT2D eigenvalue weighted by molar-refractivity contribution is -0.138. The summed E-state index contributed by atoms with van der Waals surface area (Å²) in [5.41, 5.74) is -0.176. The summed E-state index contributed by atoms with van der Waals surface area (Å²) in [6.07, 6.45) is -1.38. The summed E-state index contributed by atoms with van der Waals surface area (Å²) >= 11 is 0. The zero-order chi connectivity index (χ0) is 16.6. The minimum absolute atomic E-state index is 0.00177. The Balaban J connectivity index is 1.90. The average molecular weight is 323 g/mol. The van der Waals surface area contributed by atoms with E-state index in [4.69, 9.17) is 4.42 Å². The summed E-state index contributed by atoms with van der Waals surface area (Å²) in [5.74, 6) is 0.195. The molecule has 1 saturated carbocycles. The highest BCUT2D eigenvalue weighted by molar-refractivity contribution is 5.95. The van der Waals surface area contributed by atoms with Crippen molar-refractivity contribution < 1.29 is 22.4 Å². The molecule has 6 heteroatoms. The first-order chi connectivity index (χ1) is 10.9. The molecule has 1 heterocycles. The van der Waals surface area contributed by atoms with Crippen LogP contribution in [0.3, 0.4) is 0 Å². The van der Waals surface area contributed by atoms with Gasteiger partial charge in [0, 0.05) is 12.6 Å². The van der Waals surface area contributed by atoms with E-state index in [-0.39, 0.29) is 24.1 Å². The van der Waals surface area contributed by atoms with E-state index in [0.717, 1.165) is 18.9 Å². The second-order valence-corrected chi connectivity index (χ2v) is 5.71. The summed E-state index contributed by atoms with van der Waals surface area (Å²) in [7, 11) is 0. The molecule has 0 atom stereocenters. The third-order valence-electron chi connectivity index (χ3n) is 4.00. The number of hydrogen-bond donors (Lipinski definition) is 0. The molecular formula is C17H16F3NO2. The lowest BCUT2D eigenvalue weighted by atomic mass is 10.1. The first kappa shape index (κ1) is 15.6. The first-order valence-corrected chi connectivity index (χ1v) is 7.38. The molecule has 0 aliphatic heterocycles. The van der Waals surface area contributed by atoms with Gasteiger partial charge in [0.2, 0.25) is 0 Å². The van der Waals surface area contributed by atoms with Crippen LogP contribution in [0, 0.1) is 6.92 Å². The average Bonchev–Trinajstić information content (AvgIpc) is 3.25. The molecular weight excluding hydrogens is 307 g/mol. The number of carbonyl (C=O) groups excluding carboxylic acids is 1. The van der Waals surface area contributed by atoms with E-state index in [1.165, 1.54) is 23.3 Å². The summed E-state index contributed by atoms with van der Waals surface area (Å²) in [5, 5.41) is 0. The van der Waals surface area contributed by atoms with Gasteiger partial charge in [-0.1, -0.05) is 18.2 Å². The SMILES string of the molecule is Cc1occc1C(=O)N(Cc1ccccc1C(F)(F)F)C1CC1. The Hall–Kier alpha value is -2.24. The summed E-state index contributed by atoms with van der Waals surface area (Å²) in [4.78, 5) is 14.2. The molecule has 1 aromatic heterocycles. The quantitative estimate of drug-likeness (QED) is 0.835. The number of nitrogens with zero attached hydrogens (tertiary/aromatic N) is 1. The molecule has 1 aliphatic rings. The molecule has 0 radical (unpaired) electrons. The second-order valence-electron chi connectivity index (χ2n) is 5.71. The fourth-order valence-electron chi connectivity index (χ4n) is 2.63. The monoisotopic (exact) mass is 323 g/mol. The zero-order valence-corrected chi connectivity index (χ0v) is 12.6. The molecule has 0 unspecified atom stereocenters. The number of carbonyl (C=O) groups is 1. The lowest BCUT2D eigenvalue weighted by Gasteiger charge is -2.24. The van der Waals surface area contributed by atoms with Crippen LogP contribution in [0.25, 0.3) is 0 Å². The molecule has 1 aliphatic carbocycles. The number of halogens is 3. The predicted octanol–water partition coefficient (Wildman–Crippen LogP) is 4.41. The third-order valence-corrected chi connectivity index (χ3v) is 4.00. The summed E-state index contributed by atoms with van der Waals surface area (Å²) in [6.45, 7) is 1.62. The number of hydrogen-bond acceptors (Lipinski definition) is 2. The van der Waals surface area contributed by atoms with Crippen LogP contribution >= 0.6 is 0 Å². The Morgan fingerprint density at radius 3 is 2.52 bits per heavy atom. The molecule has 1 amide bonds. The van der Waals surface area contributed by atoms with E-state index in [1.54, 1.807) is 19.1 Å². The third kappa shape index (κ3) is 3.25. The number of amides is 1. The van der Waals surface area contributed by atoms with E-state index in [1.807, 2.05) is 0 Å². The number of aryl methyl sites for hydroxylation is 1. The number of furan rings is 1. The molecule has 122 valence electrons. The van der Waals surface area contributed by atoms with Gasteiger partial charge in [-0.3, -0.25) is 4.79 Å². The van der Waals surface area contributed by atoms with Gasteiger partial charge in [-0.2, -0.15) is 13.2 Å².